The third kappa shape index (κ3) is 5.37. The number of hydrogen-bond donors (Lipinski definition) is 0. The van der Waals surface area contributed by atoms with E-state index in [1.165, 1.54) is 23.3 Å². The molecule has 3 heterocycles. The van der Waals surface area contributed by atoms with Crippen LogP contribution in [0.3, 0.4) is 0 Å². The molecule has 0 radical (unpaired) electrons. The van der Waals surface area contributed by atoms with Crippen LogP contribution in [0.15, 0.2) is 48.5 Å². The SMILES string of the molecule is CCCOc1ccc(C2C3C(=O)N(c4sc5c(c4C(=O)OC)CCC(C(C)(C)C)C5)C(=O)C3ON2c2ccccc2)cc1OC. The maximum Gasteiger partial charge on any atom is 0.341 e. The molecule has 0 spiro atoms. The van der Waals surface area contributed by atoms with Gasteiger partial charge in [0.1, 0.15) is 10.9 Å². The Morgan fingerprint density at radius 3 is 2.47 bits per heavy atom. The van der Waals surface area contributed by atoms with Crippen LogP contribution in [0, 0.1) is 17.3 Å². The first-order chi connectivity index (χ1) is 21.6. The van der Waals surface area contributed by atoms with E-state index < -0.39 is 35.8 Å². The van der Waals surface area contributed by atoms with Gasteiger partial charge in [0.05, 0.1) is 38.1 Å². The number of nitrogens with zero attached hydrogens (tertiary/aromatic N) is 2. The molecule has 3 aliphatic rings. The van der Waals surface area contributed by atoms with Crippen LogP contribution in [0.1, 0.15) is 72.9 Å². The Bertz CT molecular complexity index is 1610. The van der Waals surface area contributed by atoms with Gasteiger partial charge in [-0.15, -0.1) is 11.3 Å². The summed E-state index contributed by atoms with van der Waals surface area (Å²) in [5, 5.41) is 1.98. The Labute approximate surface area is 268 Å². The van der Waals surface area contributed by atoms with Gasteiger partial charge in [-0.3, -0.25) is 14.4 Å². The number of carbonyl (C=O) groups is 3. The fourth-order valence-corrected chi connectivity index (χ4v) is 8.16. The van der Waals surface area contributed by atoms with Gasteiger partial charge in [0.25, 0.3) is 5.91 Å². The molecule has 2 saturated heterocycles. The average molecular weight is 633 g/mol. The lowest BCUT2D eigenvalue weighted by atomic mass is 9.72. The third-order valence-corrected chi connectivity index (χ3v) is 10.4. The first-order valence-electron chi connectivity index (χ1n) is 15.5. The maximum atomic E-state index is 14.5. The number of amides is 2. The van der Waals surface area contributed by atoms with Gasteiger partial charge in [-0.1, -0.05) is 52.0 Å². The number of para-hydroxylation sites is 1. The summed E-state index contributed by atoms with van der Waals surface area (Å²) in [5.41, 5.74) is 2.74. The van der Waals surface area contributed by atoms with Crippen molar-refractivity contribution in [1.82, 2.24) is 0 Å². The number of rotatable bonds is 8. The Kier molecular flexibility index (Phi) is 8.39. The predicted octanol–water partition coefficient (Wildman–Crippen LogP) is 6.53. The molecule has 2 aromatic carbocycles. The Morgan fingerprint density at radius 1 is 1.04 bits per heavy atom. The van der Waals surface area contributed by atoms with Gasteiger partial charge >= 0.3 is 5.97 Å². The van der Waals surface area contributed by atoms with Crippen LogP contribution in [0.5, 0.6) is 11.5 Å². The van der Waals surface area contributed by atoms with Crippen LogP contribution in [0.2, 0.25) is 0 Å². The van der Waals surface area contributed by atoms with E-state index in [4.69, 9.17) is 19.0 Å². The van der Waals surface area contributed by atoms with Crippen LogP contribution in [-0.4, -0.2) is 44.7 Å². The summed E-state index contributed by atoms with van der Waals surface area (Å²) >= 11 is 1.36. The lowest BCUT2D eigenvalue weighted by Crippen LogP contribution is -2.37. The van der Waals surface area contributed by atoms with Gasteiger partial charge < -0.3 is 14.2 Å². The standard InChI is InChI=1S/C35H40N2O7S/c1-7-17-43-24-16-13-20(18-25(24)41-5)29-28-30(44-37(29)22-11-9-8-10-12-22)32(39)36(31(28)38)33-27(34(40)42-6)23-15-14-21(35(2,3)4)19-26(23)45-33/h8-13,16,18,21,28-30H,7,14-15,17,19H2,1-6H3. The van der Waals surface area contributed by atoms with E-state index in [0.29, 0.717) is 46.7 Å². The molecule has 4 unspecified atom stereocenters. The van der Waals surface area contributed by atoms with Crippen molar-refractivity contribution in [3.05, 3.63) is 70.1 Å². The molecule has 4 atom stereocenters. The van der Waals surface area contributed by atoms with E-state index in [1.807, 2.05) is 55.5 Å². The van der Waals surface area contributed by atoms with Crippen molar-refractivity contribution in [2.75, 3.05) is 30.8 Å². The van der Waals surface area contributed by atoms with E-state index in [9.17, 15) is 14.4 Å². The van der Waals surface area contributed by atoms with Crippen LogP contribution >= 0.6 is 11.3 Å². The van der Waals surface area contributed by atoms with Crippen LogP contribution < -0.4 is 19.4 Å². The first kappa shape index (κ1) is 31.1. The highest BCUT2D eigenvalue weighted by Gasteiger charge is 2.61. The normalized spacial score (nSPS) is 22.8. The van der Waals surface area contributed by atoms with Crippen molar-refractivity contribution in [1.29, 1.82) is 0 Å². The van der Waals surface area contributed by atoms with E-state index >= 15 is 0 Å². The monoisotopic (exact) mass is 632 g/mol. The molecule has 1 aromatic heterocycles. The number of hydroxylamine groups is 1. The summed E-state index contributed by atoms with van der Waals surface area (Å²) in [6.45, 7) is 9.23. The van der Waals surface area contributed by atoms with E-state index in [-0.39, 0.29) is 5.41 Å². The highest BCUT2D eigenvalue weighted by molar-refractivity contribution is 7.17. The zero-order valence-electron chi connectivity index (χ0n) is 26.6. The number of benzene rings is 2. The molecular formula is C35H40N2O7S. The number of anilines is 2. The highest BCUT2D eigenvalue weighted by atomic mass is 32.1. The second-order valence-corrected chi connectivity index (χ2v) is 14.0. The van der Waals surface area contributed by atoms with Crippen molar-refractivity contribution >= 4 is 39.8 Å². The molecule has 2 aliphatic heterocycles. The van der Waals surface area contributed by atoms with Crippen LogP contribution in [0.4, 0.5) is 10.7 Å². The van der Waals surface area contributed by atoms with Crippen molar-refractivity contribution in [2.45, 2.75) is 65.5 Å². The number of esters is 1. The Balaban J connectivity index is 1.42. The number of hydrogen-bond acceptors (Lipinski definition) is 9. The van der Waals surface area contributed by atoms with E-state index in [1.54, 1.807) is 12.2 Å². The van der Waals surface area contributed by atoms with Crippen LogP contribution in [-0.2, 0) is 32.0 Å². The summed E-state index contributed by atoms with van der Waals surface area (Å²) in [7, 11) is 2.90. The number of imide groups is 1. The molecule has 45 heavy (non-hydrogen) atoms. The average Bonchev–Trinajstić information content (AvgIpc) is 3.69. The number of ether oxygens (including phenoxy) is 3. The number of fused-ring (bicyclic) bond motifs is 2. The molecule has 0 bridgehead atoms. The molecule has 1 aliphatic carbocycles. The number of thiophene rings is 1. The fourth-order valence-electron chi connectivity index (χ4n) is 6.73. The fraction of sp³-hybridized carbons (Fsp3) is 0.457. The second kappa shape index (κ2) is 12.1. The molecule has 0 N–H and O–H groups in total. The Hall–Kier alpha value is -3.89. The molecule has 238 valence electrons. The zero-order chi connectivity index (χ0) is 32.0. The van der Waals surface area contributed by atoms with Gasteiger partial charge in [-0.05, 0) is 72.4 Å². The van der Waals surface area contributed by atoms with E-state index in [2.05, 4.69) is 20.8 Å². The van der Waals surface area contributed by atoms with Gasteiger partial charge in [-0.25, -0.2) is 14.8 Å². The Morgan fingerprint density at radius 2 is 1.80 bits per heavy atom. The lowest BCUT2D eigenvalue weighted by molar-refractivity contribution is -0.126. The second-order valence-electron chi connectivity index (χ2n) is 12.9. The molecule has 6 rings (SSSR count). The summed E-state index contributed by atoms with van der Waals surface area (Å²) in [6.07, 6.45) is 2.16. The zero-order valence-corrected chi connectivity index (χ0v) is 27.4. The van der Waals surface area contributed by atoms with Crippen molar-refractivity contribution < 1.29 is 33.4 Å². The summed E-state index contributed by atoms with van der Waals surface area (Å²) in [4.78, 5) is 50.5. The van der Waals surface area contributed by atoms with E-state index in [0.717, 1.165) is 35.3 Å². The minimum absolute atomic E-state index is 0.0870. The molecule has 3 aromatic rings. The minimum Gasteiger partial charge on any atom is -0.493 e. The largest absolute Gasteiger partial charge is 0.493 e. The lowest BCUT2D eigenvalue weighted by Gasteiger charge is -2.33. The first-order valence-corrected chi connectivity index (χ1v) is 16.3. The van der Waals surface area contributed by atoms with Crippen molar-refractivity contribution in [3.63, 3.8) is 0 Å². The quantitative estimate of drug-likeness (QED) is 0.204. The molecule has 10 heteroatoms. The maximum absolute atomic E-state index is 14.5. The highest BCUT2D eigenvalue weighted by Crippen LogP contribution is 2.52. The third-order valence-electron chi connectivity index (χ3n) is 9.18. The molecular weight excluding hydrogens is 592 g/mol. The number of methoxy groups -OCH3 is 2. The topological polar surface area (TPSA) is 94.6 Å². The van der Waals surface area contributed by atoms with Crippen molar-refractivity contribution in [3.8, 4) is 11.5 Å². The molecule has 0 saturated carbocycles. The van der Waals surface area contributed by atoms with Crippen molar-refractivity contribution in [2.24, 2.45) is 17.3 Å². The van der Waals surface area contributed by atoms with Gasteiger partial charge in [0.2, 0.25) is 5.91 Å². The number of carbonyl (C=O) groups excluding carboxylic acids is 3. The molecule has 9 nitrogen and oxygen atoms in total. The van der Waals surface area contributed by atoms with Gasteiger partial charge in [-0.2, -0.15) is 0 Å². The van der Waals surface area contributed by atoms with Gasteiger partial charge in [0.15, 0.2) is 17.6 Å². The van der Waals surface area contributed by atoms with Gasteiger partial charge in [0, 0.05) is 4.88 Å². The van der Waals surface area contributed by atoms with Crippen LogP contribution in [0.25, 0.3) is 0 Å². The molecule has 2 amide bonds. The smallest absolute Gasteiger partial charge is 0.341 e. The molecule has 2 fully saturated rings. The summed E-state index contributed by atoms with van der Waals surface area (Å²) in [6, 6.07) is 14.3. The summed E-state index contributed by atoms with van der Waals surface area (Å²) in [5.74, 6) is -0.756. The minimum atomic E-state index is -1.07. The predicted molar refractivity (Wildman–Crippen MR) is 172 cm³/mol. The summed E-state index contributed by atoms with van der Waals surface area (Å²) < 4.78 is 16.8.